The molecule has 7 nitrogen and oxygen atoms in total. The molecule has 1 N–H and O–H groups in total. The molecule has 0 aliphatic carbocycles. The van der Waals surface area contributed by atoms with Gasteiger partial charge in [0.15, 0.2) is 0 Å². The lowest BCUT2D eigenvalue weighted by Crippen LogP contribution is -2.36. The van der Waals surface area contributed by atoms with Crippen LogP contribution in [0, 0.1) is 0 Å². The van der Waals surface area contributed by atoms with Gasteiger partial charge in [-0.05, 0) is 20.8 Å². The van der Waals surface area contributed by atoms with E-state index in [0.717, 1.165) is 19.4 Å². The lowest BCUT2D eigenvalue weighted by molar-refractivity contribution is -0.0739. The Balaban J connectivity index is 2.09. The molecule has 2 heterocycles. The number of anilines is 1. The van der Waals surface area contributed by atoms with Gasteiger partial charge in [-0.2, -0.15) is 9.97 Å². The summed E-state index contributed by atoms with van der Waals surface area (Å²) in [4.78, 5) is 12.5. The van der Waals surface area contributed by atoms with Crippen molar-refractivity contribution in [2.75, 3.05) is 19.0 Å². The van der Waals surface area contributed by atoms with Crippen molar-refractivity contribution in [1.29, 1.82) is 0 Å². The molecule has 1 aromatic heterocycles. The first-order valence-corrected chi connectivity index (χ1v) is 6.96. The Morgan fingerprint density at radius 3 is 2.40 bits per heavy atom. The lowest BCUT2D eigenvalue weighted by atomic mass is 10.0. The van der Waals surface area contributed by atoms with Crippen LogP contribution in [0.4, 0.5) is 5.95 Å². The molecule has 112 valence electrons. The third-order valence-corrected chi connectivity index (χ3v) is 3.04. The summed E-state index contributed by atoms with van der Waals surface area (Å²) < 4.78 is 16.6. The third-order valence-electron chi connectivity index (χ3n) is 3.04. The summed E-state index contributed by atoms with van der Waals surface area (Å²) in [6, 6.07) is 0.540. The number of hydrogen-bond acceptors (Lipinski definition) is 7. The first kappa shape index (κ1) is 14.8. The Kier molecular flexibility index (Phi) is 4.94. The SMILES string of the molecule is CCNc1nc(OC)nc(OC2CC(C)OC(C)C2)n1. The average molecular weight is 282 g/mol. The zero-order valence-corrected chi connectivity index (χ0v) is 12.4. The second-order valence-electron chi connectivity index (χ2n) is 4.93. The first-order valence-electron chi connectivity index (χ1n) is 6.96. The third kappa shape index (κ3) is 3.93. The van der Waals surface area contributed by atoms with Gasteiger partial charge in [-0.1, -0.05) is 0 Å². The molecular formula is C13H22N4O3. The normalized spacial score (nSPS) is 26.1. The van der Waals surface area contributed by atoms with Crippen molar-refractivity contribution in [1.82, 2.24) is 15.0 Å². The first-order chi connectivity index (χ1) is 9.60. The zero-order chi connectivity index (χ0) is 14.5. The summed E-state index contributed by atoms with van der Waals surface area (Å²) in [5, 5.41) is 3.03. The molecule has 0 saturated carbocycles. The Labute approximate surface area is 119 Å². The highest BCUT2D eigenvalue weighted by atomic mass is 16.5. The van der Waals surface area contributed by atoms with Crippen LogP contribution in [0.5, 0.6) is 12.0 Å². The van der Waals surface area contributed by atoms with E-state index in [9.17, 15) is 0 Å². The van der Waals surface area contributed by atoms with Crippen molar-refractivity contribution in [3.8, 4) is 12.0 Å². The second kappa shape index (κ2) is 6.69. The van der Waals surface area contributed by atoms with Crippen molar-refractivity contribution in [3.05, 3.63) is 0 Å². The minimum atomic E-state index is 0.0512. The molecule has 1 aliphatic rings. The minimum absolute atomic E-state index is 0.0512. The van der Waals surface area contributed by atoms with Gasteiger partial charge >= 0.3 is 12.0 Å². The topological polar surface area (TPSA) is 78.4 Å². The van der Waals surface area contributed by atoms with Gasteiger partial charge in [-0.15, -0.1) is 4.98 Å². The Hall–Kier alpha value is -1.63. The monoisotopic (exact) mass is 282 g/mol. The van der Waals surface area contributed by atoms with Gasteiger partial charge in [-0.25, -0.2) is 0 Å². The van der Waals surface area contributed by atoms with E-state index in [1.807, 2.05) is 20.8 Å². The quantitative estimate of drug-likeness (QED) is 0.879. The van der Waals surface area contributed by atoms with Crippen LogP contribution in [0.2, 0.25) is 0 Å². The molecule has 2 rings (SSSR count). The van der Waals surface area contributed by atoms with Gasteiger partial charge < -0.3 is 19.5 Å². The predicted octanol–water partition coefficient (Wildman–Crippen LogP) is 1.65. The van der Waals surface area contributed by atoms with Crippen molar-refractivity contribution < 1.29 is 14.2 Å². The smallest absolute Gasteiger partial charge is 0.324 e. The summed E-state index contributed by atoms with van der Waals surface area (Å²) in [7, 11) is 1.52. The number of rotatable bonds is 5. The van der Waals surface area contributed by atoms with E-state index in [1.54, 1.807) is 0 Å². The van der Waals surface area contributed by atoms with Gasteiger partial charge in [0.05, 0.1) is 19.3 Å². The molecule has 7 heteroatoms. The van der Waals surface area contributed by atoms with Gasteiger partial charge in [0.1, 0.15) is 6.10 Å². The largest absolute Gasteiger partial charge is 0.467 e. The summed E-state index contributed by atoms with van der Waals surface area (Å²) in [6.07, 6.45) is 2.07. The number of methoxy groups -OCH3 is 1. The maximum Gasteiger partial charge on any atom is 0.324 e. The molecule has 0 radical (unpaired) electrons. The summed E-state index contributed by atoms with van der Waals surface area (Å²) in [5.41, 5.74) is 0. The van der Waals surface area contributed by atoms with E-state index >= 15 is 0 Å². The Morgan fingerprint density at radius 2 is 1.80 bits per heavy atom. The fourth-order valence-corrected chi connectivity index (χ4v) is 2.31. The average Bonchev–Trinajstić information content (AvgIpc) is 2.37. The van der Waals surface area contributed by atoms with E-state index in [2.05, 4.69) is 20.3 Å². The molecule has 1 aromatic rings. The number of hydrogen-bond donors (Lipinski definition) is 1. The van der Waals surface area contributed by atoms with E-state index in [1.165, 1.54) is 7.11 Å². The van der Waals surface area contributed by atoms with Gasteiger partial charge in [0, 0.05) is 19.4 Å². The fraction of sp³-hybridized carbons (Fsp3) is 0.769. The van der Waals surface area contributed by atoms with Crippen LogP contribution in [-0.4, -0.2) is 46.9 Å². The van der Waals surface area contributed by atoms with Crippen LogP contribution >= 0.6 is 0 Å². The fourth-order valence-electron chi connectivity index (χ4n) is 2.31. The van der Waals surface area contributed by atoms with E-state index < -0.39 is 0 Å². The Morgan fingerprint density at radius 1 is 1.15 bits per heavy atom. The van der Waals surface area contributed by atoms with Gasteiger partial charge in [-0.3, -0.25) is 0 Å². The van der Waals surface area contributed by atoms with Gasteiger partial charge in [0.2, 0.25) is 5.95 Å². The van der Waals surface area contributed by atoms with Crippen molar-refractivity contribution >= 4 is 5.95 Å². The summed E-state index contributed by atoms with van der Waals surface area (Å²) in [5.74, 6) is 0.461. The highest BCUT2D eigenvalue weighted by Crippen LogP contribution is 2.23. The van der Waals surface area contributed by atoms with Crippen molar-refractivity contribution in [2.24, 2.45) is 0 Å². The van der Waals surface area contributed by atoms with E-state index in [0.29, 0.717) is 12.0 Å². The maximum absolute atomic E-state index is 5.86. The van der Waals surface area contributed by atoms with E-state index in [4.69, 9.17) is 14.2 Å². The summed E-state index contributed by atoms with van der Waals surface area (Å²) >= 11 is 0. The number of ether oxygens (including phenoxy) is 3. The highest BCUT2D eigenvalue weighted by molar-refractivity contribution is 5.27. The van der Waals surface area contributed by atoms with Crippen molar-refractivity contribution in [2.45, 2.75) is 51.9 Å². The molecular weight excluding hydrogens is 260 g/mol. The summed E-state index contributed by atoms with van der Waals surface area (Å²) in [6.45, 7) is 6.78. The molecule has 0 bridgehead atoms. The number of aromatic nitrogens is 3. The van der Waals surface area contributed by atoms with Crippen molar-refractivity contribution in [3.63, 3.8) is 0 Å². The van der Waals surface area contributed by atoms with Crippen LogP contribution in [0.3, 0.4) is 0 Å². The minimum Gasteiger partial charge on any atom is -0.467 e. The van der Waals surface area contributed by atoms with E-state index in [-0.39, 0.29) is 24.3 Å². The molecule has 1 fully saturated rings. The predicted molar refractivity (Wildman–Crippen MR) is 74.2 cm³/mol. The molecule has 2 atom stereocenters. The molecule has 20 heavy (non-hydrogen) atoms. The van der Waals surface area contributed by atoms with Crippen LogP contribution < -0.4 is 14.8 Å². The maximum atomic E-state index is 5.86. The van der Waals surface area contributed by atoms with Crippen LogP contribution in [0.1, 0.15) is 33.6 Å². The molecule has 0 aromatic carbocycles. The number of nitrogens with one attached hydrogen (secondary N) is 1. The van der Waals surface area contributed by atoms with Crippen LogP contribution in [0.25, 0.3) is 0 Å². The molecule has 0 amide bonds. The van der Waals surface area contributed by atoms with Crippen LogP contribution in [-0.2, 0) is 4.74 Å². The standard InChI is InChI=1S/C13H22N4O3/c1-5-14-11-15-12(18-4)17-13(16-11)20-10-6-8(2)19-9(3)7-10/h8-10H,5-7H2,1-4H3,(H,14,15,16,17). The molecule has 1 aliphatic heterocycles. The second-order valence-corrected chi connectivity index (χ2v) is 4.93. The lowest BCUT2D eigenvalue weighted by Gasteiger charge is -2.31. The number of nitrogens with zero attached hydrogens (tertiary/aromatic N) is 3. The Bertz CT molecular complexity index is 434. The highest BCUT2D eigenvalue weighted by Gasteiger charge is 2.26. The molecule has 0 spiro atoms. The molecule has 1 saturated heterocycles. The van der Waals surface area contributed by atoms with Gasteiger partial charge in [0.25, 0.3) is 0 Å². The zero-order valence-electron chi connectivity index (χ0n) is 12.4. The molecule has 2 unspecified atom stereocenters. The van der Waals surface area contributed by atoms with Crippen LogP contribution in [0.15, 0.2) is 0 Å².